The molecule has 1 aromatic heterocycles. The first-order valence-electron chi connectivity index (χ1n) is 5.79. The molecule has 0 fully saturated rings. The van der Waals surface area contributed by atoms with Gasteiger partial charge in [-0.25, -0.2) is 0 Å². The Labute approximate surface area is 120 Å². The van der Waals surface area contributed by atoms with Crippen LogP contribution in [0.5, 0.6) is 0 Å². The molecule has 2 aromatic rings. The molecule has 3 nitrogen and oxygen atoms in total. The molecule has 5 heteroatoms. The van der Waals surface area contributed by atoms with Crippen LogP contribution in [0, 0.1) is 0 Å². The first-order chi connectivity index (χ1) is 8.61. The number of hydrogen-bond donors (Lipinski definition) is 1. The van der Waals surface area contributed by atoms with Gasteiger partial charge in [0.2, 0.25) is 0 Å². The van der Waals surface area contributed by atoms with E-state index in [-0.39, 0.29) is 6.04 Å². The van der Waals surface area contributed by atoms with Crippen molar-refractivity contribution < 1.29 is 0 Å². The van der Waals surface area contributed by atoms with E-state index in [2.05, 4.69) is 33.3 Å². The zero-order chi connectivity index (χ0) is 13.1. The average Bonchev–Trinajstić information content (AvgIpc) is 2.76. The standard InChI is InChI=1S/C13H15BrClN3/c1-3-16-13(12-6-7-18(2)17-12)10-8-9(14)4-5-11(10)15/h4-8,13,16H,3H2,1-2H3. The summed E-state index contributed by atoms with van der Waals surface area (Å²) in [6.07, 6.45) is 1.94. The highest BCUT2D eigenvalue weighted by atomic mass is 79.9. The second-order valence-corrected chi connectivity index (χ2v) is 5.39. The van der Waals surface area contributed by atoms with Crippen molar-refractivity contribution in [3.05, 3.63) is 51.2 Å². The van der Waals surface area contributed by atoms with Crippen molar-refractivity contribution in [1.29, 1.82) is 0 Å². The van der Waals surface area contributed by atoms with Gasteiger partial charge in [-0.2, -0.15) is 5.10 Å². The van der Waals surface area contributed by atoms with Crippen LogP contribution in [0.3, 0.4) is 0 Å². The topological polar surface area (TPSA) is 29.9 Å². The number of rotatable bonds is 4. The Hall–Kier alpha value is -0.840. The second kappa shape index (κ2) is 5.87. The van der Waals surface area contributed by atoms with Gasteiger partial charge in [-0.05, 0) is 36.4 Å². The SMILES string of the molecule is CCNC(c1ccn(C)n1)c1cc(Br)ccc1Cl. The molecule has 0 aliphatic heterocycles. The van der Waals surface area contributed by atoms with Crippen LogP contribution in [0.25, 0.3) is 0 Å². The highest BCUT2D eigenvalue weighted by Gasteiger charge is 2.18. The third-order valence-electron chi connectivity index (χ3n) is 2.71. The van der Waals surface area contributed by atoms with Gasteiger partial charge in [-0.15, -0.1) is 0 Å². The van der Waals surface area contributed by atoms with Crippen molar-refractivity contribution in [1.82, 2.24) is 15.1 Å². The summed E-state index contributed by atoms with van der Waals surface area (Å²) in [4.78, 5) is 0. The summed E-state index contributed by atoms with van der Waals surface area (Å²) in [6, 6.07) is 7.89. The van der Waals surface area contributed by atoms with Crippen LogP contribution in [0.4, 0.5) is 0 Å². The molecule has 1 N–H and O–H groups in total. The quantitative estimate of drug-likeness (QED) is 0.930. The van der Waals surface area contributed by atoms with E-state index in [0.717, 1.165) is 27.3 Å². The van der Waals surface area contributed by atoms with Gasteiger partial charge in [0.25, 0.3) is 0 Å². The molecule has 0 radical (unpaired) electrons. The molecule has 96 valence electrons. The lowest BCUT2D eigenvalue weighted by atomic mass is 10.0. The molecule has 0 aliphatic carbocycles. The van der Waals surface area contributed by atoms with E-state index in [0.29, 0.717) is 0 Å². The normalized spacial score (nSPS) is 12.7. The van der Waals surface area contributed by atoms with Gasteiger partial charge < -0.3 is 5.32 Å². The number of nitrogens with one attached hydrogen (secondary N) is 1. The molecule has 18 heavy (non-hydrogen) atoms. The third kappa shape index (κ3) is 2.94. The van der Waals surface area contributed by atoms with E-state index in [1.807, 2.05) is 37.5 Å². The third-order valence-corrected chi connectivity index (χ3v) is 3.54. The number of nitrogens with zero attached hydrogens (tertiary/aromatic N) is 2. The van der Waals surface area contributed by atoms with E-state index >= 15 is 0 Å². The molecule has 1 heterocycles. The molecular weight excluding hydrogens is 314 g/mol. The van der Waals surface area contributed by atoms with Crippen molar-refractivity contribution in [3.8, 4) is 0 Å². The molecule has 0 saturated heterocycles. The number of halogens is 2. The minimum Gasteiger partial charge on any atom is -0.305 e. The maximum atomic E-state index is 6.29. The molecule has 0 aliphatic rings. The predicted molar refractivity (Wildman–Crippen MR) is 77.9 cm³/mol. The van der Waals surface area contributed by atoms with Crippen LogP contribution in [0.15, 0.2) is 34.9 Å². The van der Waals surface area contributed by atoms with Gasteiger partial charge in [0.05, 0.1) is 11.7 Å². The van der Waals surface area contributed by atoms with Crippen LogP contribution in [0.1, 0.15) is 24.2 Å². The van der Waals surface area contributed by atoms with Crippen molar-refractivity contribution in [2.45, 2.75) is 13.0 Å². The lowest BCUT2D eigenvalue weighted by molar-refractivity contribution is 0.600. The molecule has 1 aromatic carbocycles. The van der Waals surface area contributed by atoms with E-state index in [9.17, 15) is 0 Å². The number of benzene rings is 1. The monoisotopic (exact) mass is 327 g/mol. The fourth-order valence-electron chi connectivity index (χ4n) is 1.90. The van der Waals surface area contributed by atoms with Gasteiger partial charge in [-0.3, -0.25) is 4.68 Å². The van der Waals surface area contributed by atoms with Gasteiger partial charge in [-0.1, -0.05) is 34.5 Å². The average molecular weight is 329 g/mol. The Morgan fingerprint density at radius 1 is 1.44 bits per heavy atom. The van der Waals surface area contributed by atoms with Gasteiger partial charge in [0.15, 0.2) is 0 Å². The first kappa shape index (κ1) is 13.6. The zero-order valence-electron chi connectivity index (χ0n) is 10.3. The largest absolute Gasteiger partial charge is 0.305 e. The first-order valence-corrected chi connectivity index (χ1v) is 6.96. The Morgan fingerprint density at radius 2 is 2.22 bits per heavy atom. The fraction of sp³-hybridized carbons (Fsp3) is 0.308. The Kier molecular flexibility index (Phi) is 4.43. The maximum Gasteiger partial charge on any atom is 0.0839 e. The van der Waals surface area contributed by atoms with Crippen molar-refractivity contribution in [3.63, 3.8) is 0 Å². The molecule has 0 saturated carbocycles. The van der Waals surface area contributed by atoms with Crippen molar-refractivity contribution >= 4 is 27.5 Å². The Morgan fingerprint density at radius 3 is 2.83 bits per heavy atom. The number of aryl methyl sites for hydroxylation is 1. The summed E-state index contributed by atoms with van der Waals surface area (Å²) in [5.74, 6) is 0. The Balaban J connectivity index is 2.44. The molecule has 0 bridgehead atoms. The van der Waals surface area contributed by atoms with Crippen LogP contribution < -0.4 is 5.32 Å². The lowest BCUT2D eigenvalue weighted by Gasteiger charge is -2.18. The molecular formula is C13H15BrClN3. The molecule has 2 rings (SSSR count). The van der Waals surface area contributed by atoms with Crippen molar-refractivity contribution in [2.75, 3.05) is 6.54 Å². The maximum absolute atomic E-state index is 6.29. The second-order valence-electron chi connectivity index (χ2n) is 4.07. The van der Waals surface area contributed by atoms with Crippen molar-refractivity contribution in [2.24, 2.45) is 7.05 Å². The number of aromatic nitrogens is 2. The minimum atomic E-state index is 0.0150. The zero-order valence-corrected chi connectivity index (χ0v) is 12.7. The van der Waals surface area contributed by atoms with Crippen LogP contribution in [-0.2, 0) is 7.05 Å². The summed E-state index contributed by atoms with van der Waals surface area (Å²) in [6.45, 7) is 2.92. The van der Waals surface area contributed by atoms with E-state index < -0.39 is 0 Å². The van der Waals surface area contributed by atoms with Gasteiger partial charge in [0, 0.05) is 22.7 Å². The van der Waals surface area contributed by atoms with Crippen LogP contribution in [-0.4, -0.2) is 16.3 Å². The summed E-state index contributed by atoms with van der Waals surface area (Å²) in [5.41, 5.74) is 2.01. The summed E-state index contributed by atoms with van der Waals surface area (Å²) in [7, 11) is 1.91. The molecule has 1 atom stereocenters. The fourth-order valence-corrected chi connectivity index (χ4v) is 2.51. The van der Waals surface area contributed by atoms with E-state index in [1.54, 1.807) is 4.68 Å². The van der Waals surface area contributed by atoms with E-state index in [1.165, 1.54) is 0 Å². The van der Waals surface area contributed by atoms with Gasteiger partial charge >= 0.3 is 0 Å². The van der Waals surface area contributed by atoms with Crippen LogP contribution in [0.2, 0.25) is 5.02 Å². The van der Waals surface area contributed by atoms with Gasteiger partial charge in [0.1, 0.15) is 0 Å². The highest BCUT2D eigenvalue weighted by molar-refractivity contribution is 9.10. The predicted octanol–water partition coefficient (Wildman–Crippen LogP) is 3.53. The van der Waals surface area contributed by atoms with E-state index in [4.69, 9.17) is 11.6 Å². The highest BCUT2D eigenvalue weighted by Crippen LogP contribution is 2.30. The summed E-state index contributed by atoms with van der Waals surface area (Å²) >= 11 is 9.77. The molecule has 0 amide bonds. The minimum absolute atomic E-state index is 0.0150. The van der Waals surface area contributed by atoms with Crippen LogP contribution >= 0.6 is 27.5 Å². The molecule has 1 unspecified atom stereocenters. The summed E-state index contributed by atoms with van der Waals surface area (Å²) in [5, 5.41) is 8.62. The lowest BCUT2D eigenvalue weighted by Crippen LogP contribution is -2.23. The Bertz CT molecular complexity index is 539. The smallest absolute Gasteiger partial charge is 0.0839 e. The molecule has 0 spiro atoms. The summed E-state index contributed by atoms with van der Waals surface area (Å²) < 4.78 is 2.81. The number of hydrogen-bond acceptors (Lipinski definition) is 2.